The first-order chi connectivity index (χ1) is 9.49. The van der Waals surface area contributed by atoms with Gasteiger partial charge in [0.1, 0.15) is 5.75 Å². The molecule has 1 amide bonds. The molecule has 2 unspecified atom stereocenters. The van der Waals surface area contributed by atoms with E-state index >= 15 is 0 Å². The third kappa shape index (κ3) is 6.56. The highest BCUT2D eigenvalue weighted by atomic mass is 32.2. The van der Waals surface area contributed by atoms with Crippen LogP contribution in [0.25, 0.3) is 0 Å². The lowest BCUT2D eigenvalue weighted by atomic mass is 10.2. The van der Waals surface area contributed by atoms with Crippen molar-refractivity contribution in [2.75, 3.05) is 24.3 Å². The van der Waals surface area contributed by atoms with Crippen LogP contribution < -0.4 is 15.8 Å². The minimum atomic E-state index is -0.824. The Hall–Kier alpha value is -1.56. The first-order valence-corrected chi connectivity index (χ1v) is 8.28. The van der Waals surface area contributed by atoms with E-state index < -0.39 is 10.8 Å². The van der Waals surface area contributed by atoms with E-state index in [0.717, 1.165) is 0 Å². The molecular formula is C14H22N2O3S. The van der Waals surface area contributed by atoms with Crippen molar-refractivity contribution in [3.05, 3.63) is 24.3 Å². The fourth-order valence-electron chi connectivity index (χ4n) is 1.63. The van der Waals surface area contributed by atoms with Gasteiger partial charge in [0.05, 0.1) is 18.7 Å². The highest BCUT2D eigenvalue weighted by Gasteiger charge is 2.08. The average molecular weight is 298 g/mol. The molecular weight excluding hydrogens is 276 g/mol. The van der Waals surface area contributed by atoms with E-state index in [1.807, 2.05) is 19.1 Å². The molecule has 6 heteroatoms. The standard InChI is InChI=1S/C14H22N2O3S/c1-11(8-10-20(2)18)16-14(17)7-9-19-13-6-4-3-5-12(13)15/h3-6,11H,7-10,15H2,1-2H3,(H,16,17). The van der Waals surface area contributed by atoms with Crippen LogP contribution in [0.4, 0.5) is 5.69 Å². The van der Waals surface area contributed by atoms with Crippen molar-refractivity contribution in [2.24, 2.45) is 0 Å². The van der Waals surface area contributed by atoms with Gasteiger partial charge in [-0.15, -0.1) is 0 Å². The predicted octanol–water partition coefficient (Wildman–Crippen LogP) is 1.31. The zero-order valence-electron chi connectivity index (χ0n) is 11.9. The van der Waals surface area contributed by atoms with E-state index in [9.17, 15) is 9.00 Å². The van der Waals surface area contributed by atoms with Gasteiger partial charge in [-0.2, -0.15) is 0 Å². The smallest absolute Gasteiger partial charge is 0.223 e. The number of para-hydroxylation sites is 2. The van der Waals surface area contributed by atoms with Crippen LogP contribution in [0.3, 0.4) is 0 Å². The summed E-state index contributed by atoms with van der Waals surface area (Å²) >= 11 is 0. The van der Waals surface area contributed by atoms with Gasteiger partial charge in [-0.1, -0.05) is 12.1 Å². The van der Waals surface area contributed by atoms with Crippen LogP contribution in [0.15, 0.2) is 24.3 Å². The molecule has 0 fully saturated rings. The summed E-state index contributed by atoms with van der Waals surface area (Å²) in [6, 6.07) is 7.20. The van der Waals surface area contributed by atoms with Gasteiger partial charge < -0.3 is 15.8 Å². The van der Waals surface area contributed by atoms with Crippen molar-refractivity contribution in [1.29, 1.82) is 0 Å². The number of benzene rings is 1. The second kappa shape index (κ2) is 8.58. The molecule has 20 heavy (non-hydrogen) atoms. The quantitative estimate of drug-likeness (QED) is 0.709. The van der Waals surface area contributed by atoms with Gasteiger partial charge >= 0.3 is 0 Å². The largest absolute Gasteiger partial charge is 0.491 e. The van der Waals surface area contributed by atoms with Crippen LogP contribution in [0.2, 0.25) is 0 Å². The SMILES string of the molecule is CC(CCS(C)=O)NC(=O)CCOc1ccccc1N. The summed E-state index contributed by atoms with van der Waals surface area (Å²) in [7, 11) is -0.824. The average Bonchev–Trinajstić information content (AvgIpc) is 2.38. The second-order valence-corrected chi connectivity index (χ2v) is 6.23. The van der Waals surface area contributed by atoms with Crippen molar-refractivity contribution in [3.8, 4) is 5.75 Å². The lowest BCUT2D eigenvalue weighted by Gasteiger charge is -2.13. The number of amides is 1. The second-order valence-electron chi connectivity index (χ2n) is 4.67. The maximum atomic E-state index is 11.7. The summed E-state index contributed by atoms with van der Waals surface area (Å²) < 4.78 is 16.4. The number of anilines is 1. The molecule has 0 aliphatic rings. The topological polar surface area (TPSA) is 81.4 Å². The van der Waals surface area contributed by atoms with Gasteiger partial charge in [0.2, 0.25) is 5.91 Å². The number of rotatable bonds is 8. The minimum Gasteiger partial charge on any atom is -0.491 e. The third-order valence-electron chi connectivity index (χ3n) is 2.75. The van der Waals surface area contributed by atoms with Crippen LogP contribution in [-0.2, 0) is 15.6 Å². The van der Waals surface area contributed by atoms with Crippen LogP contribution in [0.5, 0.6) is 5.75 Å². The van der Waals surface area contributed by atoms with Gasteiger partial charge in [-0.3, -0.25) is 9.00 Å². The fraction of sp³-hybridized carbons (Fsp3) is 0.500. The molecule has 112 valence electrons. The molecule has 0 aliphatic heterocycles. The number of hydrogen-bond acceptors (Lipinski definition) is 4. The van der Waals surface area contributed by atoms with E-state index in [1.165, 1.54) is 0 Å². The molecule has 0 saturated heterocycles. The Morgan fingerprint density at radius 1 is 1.45 bits per heavy atom. The Balaban J connectivity index is 2.23. The molecule has 0 radical (unpaired) electrons. The minimum absolute atomic E-state index is 0.0215. The van der Waals surface area contributed by atoms with Gasteiger partial charge in [0.25, 0.3) is 0 Å². The predicted molar refractivity (Wildman–Crippen MR) is 82.1 cm³/mol. The lowest BCUT2D eigenvalue weighted by Crippen LogP contribution is -2.34. The van der Waals surface area contributed by atoms with Crippen molar-refractivity contribution >= 4 is 22.4 Å². The van der Waals surface area contributed by atoms with E-state index in [4.69, 9.17) is 10.5 Å². The molecule has 0 spiro atoms. The van der Waals surface area contributed by atoms with Crippen LogP contribution in [0.1, 0.15) is 19.8 Å². The highest BCUT2D eigenvalue weighted by molar-refractivity contribution is 7.84. The molecule has 1 aromatic rings. The van der Waals surface area contributed by atoms with Gasteiger partial charge in [0.15, 0.2) is 0 Å². The lowest BCUT2D eigenvalue weighted by molar-refractivity contribution is -0.122. The molecule has 0 saturated carbocycles. The molecule has 0 heterocycles. The maximum Gasteiger partial charge on any atom is 0.223 e. The fourth-order valence-corrected chi connectivity index (χ4v) is 2.31. The molecule has 3 N–H and O–H groups in total. The summed E-state index contributed by atoms with van der Waals surface area (Å²) in [5.74, 6) is 1.11. The molecule has 5 nitrogen and oxygen atoms in total. The zero-order valence-corrected chi connectivity index (χ0v) is 12.7. The van der Waals surface area contributed by atoms with Gasteiger partial charge in [-0.25, -0.2) is 0 Å². The number of nitrogen functional groups attached to an aromatic ring is 1. The van der Waals surface area contributed by atoms with Crippen LogP contribution in [-0.4, -0.2) is 34.8 Å². The summed E-state index contributed by atoms with van der Waals surface area (Å²) in [6.07, 6.45) is 2.64. The molecule has 0 aliphatic carbocycles. The number of hydrogen-bond donors (Lipinski definition) is 2. The Morgan fingerprint density at radius 2 is 2.15 bits per heavy atom. The van der Waals surface area contributed by atoms with Gasteiger partial charge in [-0.05, 0) is 25.5 Å². The zero-order chi connectivity index (χ0) is 15.0. The number of ether oxygens (including phenoxy) is 1. The Kier molecular flexibility index (Phi) is 7.08. The number of carbonyl (C=O) groups excluding carboxylic acids is 1. The molecule has 1 rings (SSSR count). The first-order valence-electron chi connectivity index (χ1n) is 6.55. The van der Waals surface area contributed by atoms with Crippen molar-refractivity contribution in [2.45, 2.75) is 25.8 Å². The van der Waals surface area contributed by atoms with Gasteiger partial charge in [0, 0.05) is 28.9 Å². The molecule has 0 bridgehead atoms. The highest BCUT2D eigenvalue weighted by Crippen LogP contribution is 2.19. The van der Waals surface area contributed by atoms with Crippen LogP contribution >= 0.6 is 0 Å². The van der Waals surface area contributed by atoms with Crippen molar-refractivity contribution < 1.29 is 13.7 Å². The van der Waals surface area contributed by atoms with E-state index in [1.54, 1.807) is 18.4 Å². The summed E-state index contributed by atoms with van der Waals surface area (Å²) in [5, 5.41) is 2.85. The number of nitrogens with two attached hydrogens (primary N) is 1. The van der Waals surface area contributed by atoms with E-state index in [0.29, 0.717) is 23.6 Å². The Labute approximate surface area is 122 Å². The summed E-state index contributed by atoms with van der Waals surface area (Å²) in [4.78, 5) is 11.7. The van der Waals surface area contributed by atoms with Crippen molar-refractivity contribution in [3.63, 3.8) is 0 Å². The molecule has 2 atom stereocenters. The first kappa shape index (κ1) is 16.5. The van der Waals surface area contributed by atoms with E-state index in [2.05, 4.69) is 5.32 Å². The maximum absolute atomic E-state index is 11.7. The molecule has 0 aromatic heterocycles. The summed E-state index contributed by atoms with van der Waals surface area (Å²) in [5.41, 5.74) is 6.29. The third-order valence-corrected chi connectivity index (χ3v) is 3.56. The van der Waals surface area contributed by atoms with Crippen LogP contribution in [0, 0.1) is 0 Å². The number of carbonyl (C=O) groups is 1. The number of nitrogens with one attached hydrogen (secondary N) is 1. The summed E-state index contributed by atoms with van der Waals surface area (Å²) in [6.45, 7) is 2.19. The normalized spacial score (nSPS) is 13.5. The van der Waals surface area contributed by atoms with Crippen molar-refractivity contribution in [1.82, 2.24) is 5.32 Å². The molecule has 1 aromatic carbocycles. The monoisotopic (exact) mass is 298 g/mol. The Bertz CT molecular complexity index is 465. The van der Waals surface area contributed by atoms with E-state index in [-0.39, 0.29) is 25.0 Å². The Morgan fingerprint density at radius 3 is 2.80 bits per heavy atom.